The summed E-state index contributed by atoms with van der Waals surface area (Å²) in [7, 11) is 0. The summed E-state index contributed by atoms with van der Waals surface area (Å²) < 4.78 is 1.45. The third-order valence-corrected chi connectivity index (χ3v) is 2.88. The molecule has 0 amide bonds. The molecule has 0 saturated carbocycles. The smallest absolute Gasteiger partial charge is 0.342 e. The van der Waals surface area contributed by atoms with E-state index in [4.69, 9.17) is 0 Å². The number of rotatable bonds is 5. The lowest BCUT2D eigenvalue weighted by atomic mass is 10.1. The molecular formula is C13H13N3O3. The minimum absolute atomic E-state index is 0.0389. The number of hydrogen-bond donors (Lipinski definition) is 0. The van der Waals surface area contributed by atoms with Crippen molar-refractivity contribution < 1.29 is 9.72 Å². The molecule has 0 spiro atoms. The van der Waals surface area contributed by atoms with E-state index in [9.17, 15) is 14.9 Å². The van der Waals surface area contributed by atoms with Gasteiger partial charge in [-0.05, 0) is 4.92 Å². The first kappa shape index (κ1) is 12.9. The number of nitro groups is 1. The highest BCUT2D eigenvalue weighted by Gasteiger charge is 2.18. The second-order valence-corrected chi connectivity index (χ2v) is 4.11. The number of nitrogens with zero attached hydrogens (tertiary/aromatic N) is 3. The Morgan fingerprint density at radius 2 is 2.05 bits per heavy atom. The number of Topliss-reactive ketones (excluding diaryl/α,β-unsaturated/α-hetero) is 1. The van der Waals surface area contributed by atoms with Crippen LogP contribution in [-0.2, 0) is 6.54 Å². The van der Waals surface area contributed by atoms with Crippen molar-refractivity contribution in [2.75, 3.05) is 0 Å². The molecular weight excluding hydrogens is 246 g/mol. The molecule has 6 heteroatoms. The second kappa shape index (κ2) is 5.43. The average molecular weight is 259 g/mol. The van der Waals surface area contributed by atoms with Gasteiger partial charge in [0.05, 0.1) is 6.54 Å². The molecule has 0 saturated heterocycles. The Balaban J connectivity index is 2.09. The number of aryl methyl sites for hydroxylation is 1. The lowest BCUT2D eigenvalue weighted by Crippen LogP contribution is -2.09. The topological polar surface area (TPSA) is 78.0 Å². The van der Waals surface area contributed by atoms with Gasteiger partial charge in [0.15, 0.2) is 11.6 Å². The fraction of sp³-hybridized carbons (Fsp3) is 0.231. The molecule has 0 aliphatic rings. The van der Waals surface area contributed by atoms with Crippen molar-refractivity contribution in [1.29, 1.82) is 0 Å². The van der Waals surface area contributed by atoms with Crippen LogP contribution in [-0.4, -0.2) is 20.3 Å². The first-order valence-electron chi connectivity index (χ1n) is 5.84. The summed E-state index contributed by atoms with van der Waals surface area (Å²) in [6.45, 7) is 1.94. The molecule has 1 aromatic heterocycles. The molecule has 0 aliphatic carbocycles. The third-order valence-electron chi connectivity index (χ3n) is 2.88. The zero-order valence-electron chi connectivity index (χ0n) is 10.4. The van der Waals surface area contributed by atoms with Crippen LogP contribution in [0.1, 0.15) is 22.6 Å². The first-order chi connectivity index (χ1) is 9.09. The van der Waals surface area contributed by atoms with Crippen molar-refractivity contribution in [1.82, 2.24) is 9.55 Å². The number of carbonyl (C=O) groups excluding carboxylic acids is 1. The zero-order chi connectivity index (χ0) is 13.8. The normalized spacial score (nSPS) is 10.4. The molecule has 0 unspecified atom stereocenters. The van der Waals surface area contributed by atoms with Crippen LogP contribution in [0.25, 0.3) is 0 Å². The van der Waals surface area contributed by atoms with Gasteiger partial charge >= 0.3 is 5.82 Å². The summed E-state index contributed by atoms with van der Waals surface area (Å²) in [5, 5.41) is 10.8. The molecule has 0 radical (unpaired) electrons. The Kier molecular flexibility index (Phi) is 3.70. The highest BCUT2D eigenvalue weighted by molar-refractivity contribution is 5.95. The maximum absolute atomic E-state index is 11.9. The predicted octanol–water partition coefficient (Wildman–Crippen LogP) is 2.37. The Hall–Kier alpha value is -2.50. The van der Waals surface area contributed by atoms with E-state index in [-0.39, 0.29) is 24.6 Å². The number of ketones is 1. The van der Waals surface area contributed by atoms with E-state index in [2.05, 4.69) is 4.98 Å². The fourth-order valence-corrected chi connectivity index (χ4v) is 1.86. The Morgan fingerprint density at radius 1 is 1.37 bits per heavy atom. The van der Waals surface area contributed by atoms with E-state index in [1.807, 2.05) is 6.07 Å². The van der Waals surface area contributed by atoms with E-state index < -0.39 is 4.92 Å². The van der Waals surface area contributed by atoms with Gasteiger partial charge in [-0.1, -0.05) is 30.3 Å². The highest BCUT2D eigenvalue weighted by Crippen LogP contribution is 2.15. The van der Waals surface area contributed by atoms with Gasteiger partial charge in [-0.15, -0.1) is 0 Å². The minimum atomic E-state index is -0.493. The monoisotopic (exact) mass is 259 g/mol. The number of imidazole rings is 1. The van der Waals surface area contributed by atoms with Crippen LogP contribution >= 0.6 is 0 Å². The summed E-state index contributed by atoms with van der Waals surface area (Å²) in [5.74, 6) is 0.411. The van der Waals surface area contributed by atoms with Crippen molar-refractivity contribution in [2.24, 2.45) is 0 Å². The van der Waals surface area contributed by atoms with Crippen LogP contribution in [0.4, 0.5) is 5.82 Å². The Labute approximate surface area is 109 Å². The first-order valence-corrected chi connectivity index (χ1v) is 5.84. The van der Waals surface area contributed by atoms with Gasteiger partial charge in [0.1, 0.15) is 6.20 Å². The lowest BCUT2D eigenvalue weighted by Gasteiger charge is -2.03. The van der Waals surface area contributed by atoms with Gasteiger partial charge in [-0.3, -0.25) is 4.79 Å². The quantitative estimate of drug-likeness (QED) is 0.469. The number of aromatic nitrogens is 2. The van der Waals surface area contributed by atoms with E-state index in [1.165, 1.54) is 10.8 Å². The second-order valence-electron chi connectivity index (χ2n) is 4.11. The zero-order valence-corrected chi connectivity index (χ0v) is 10.4. The van der Waals surface area contributed by atoms with Crippen LogP contribution in [0, 0.1) is 17.0 Å². The van der Waals surface area contributed by atoms with E-state index in [0.29, 0.717) is 11.4 Å². The standard InChI is InChI=1S/C13H13N3O3/c1-10-14-9-13(16(18)19)15(10)8-7-12(17)11-5-3-2-4-6-11/h2-6,9H,7-8H2,1H3. The fourth-order valence-electron chi connectivity index (χ4n) is 1.86. The van der Waals surface area contributed by atoms with Crippen LogP contribution in [0.3, 0.4) is 0 Å². The molecule has 19 heavy (non-hydrogen) atoms. The molecule has 2 aromatic rings. The summed E-state index contributed by atoms with van der Waals surface area (Å²) in [6, 6.07) is 8.88. The molecule has 0 bridgehead atoms. The minimum Gasteiger partial charge on any atom is -0.358 e. The molecule has 0 atom stereocenters. The Morgan fingerprint density at radius 3 is 2.68 bits per heavy atom. The molecule has 6 nitrogen and oxygen atoms in total. The molecule has 0 N–H and O–H groups in total. The van der Waals surface area contributed by atoms with E-state index in [0.717, 1.165) is 0 Å². The van der Waals surface area contributed by atoms with Gasteiger partial charge in [0.25, 0.3) is 0 Å². The van der Waals surface area contributed by atoms with Crippen molar-refractivity contribution in [2.45, 2.75) is 19.9 Å². The van der Waals surface area contributed by atoms with Crippen molar-refractivity contribution in [3.63, 3.8) is 0 Å². The number of carbonyl (C=O) groups is 1. The summed E-state index contributed by atoms with van der Waals surface area (Å²) in [6.07, 6.45) is 1.42. The molecule has 98 valence electrons. The number of hydrogen-bond acceptors (Lipinski definition) is 4. The predicted molar refractivity (Wildman–Crippen MR) is 69.0 cm³/mol. The van der Waals surface area contributed by atoms with Gasteiger partial charge < -0.3 is 10.1 Å². The highest BCUT2D eigenvalue weighted by atomic mass is 16.6. The third kappa shape index (κ3) is 2.85. The SMILES string of the molecule is Cc1ncc([N+](=O)[O-])n1CCC(=O)c1ccccc1. The lowest BCUT2D eigenvalue weighted by molar-refractivity contribution is -0.392. The van der Waals surface area contributed by atoms with Gasteiger partial charge in [0.2, 0.25) is 0 Å². The van der Waals surface area contributed by atoms with Gasteiger partial charge in [0, 0.05) is 18.9 Å². The van der Waals surface area contributed by atoms with E-state index in [1.54, 1.807) is 31.2 Å². The molecule has 0 fully saturated rings. The molecule has 0 aliphatic heterocycles. The maximum atomic E-state index is 11.9. The summed E-state index contributed by atoms with van der Waals surface area (Å²) >= 11 is 0. The van der Waals surface area contributed by atoms with Crippen molar-refractivity contribution >= 4 is 11.6 Å². The molecule has 2 rings (SSSR count). The van der Waals surface area contributed by atoms with Crippen LogP contribution in [0.15, 0.2) is 36.5 Å². The van der Waals surface area contributed by atoms with Crippen molar-refractivity contribution in [3.8, 4) is 0 Å². The maximum Gasteiger partial charge on any atom is 0.342 e. The van der Waals surface area contributed by atoms with Crippen molar-refractivity contribution in [3.05, 3.63) is 58.0 Å². The summed E-state index contributed by atoms with van der Waals surface area (Å²) in [5.41, 5.74) is 0.614. The average Bonchev–Trinajstić information content (AvgIpc) is 2.78. The largest absolute Gasteiger partial charge is 0.358 e. The molecule has 1 aromatic carbocycles. The number of benzene rings is 1. The molecule has 1 heterocycles. The van der Waals surface area contributed by atoms with Gasteiger partial charge in [-0.2, -0.15) is 0 Å². The van der Waals surface area contributed by atoms with E-state index >= 15 is 0 Å². The van der Waals surface area contributed by atoms with Gasteiger partial charge in [-0.25, -0.2) is 9.55 Å². The summed E-state index contributed by atoms with van der Waals surface area (Å²) in [4.78, 5) is 26.1. The Bertz CT molecular complexity index is 605. The van der Waals surface area contributed by atoms with Crippen LogP contribution in [0.5, 0.6) is 0 Å². The van der Waals surface area contributed by atoms with Crippen LogP contribution < -0.4 is 0 Å². The van der Waals surface area contributed by atoms with Crippen LogP contribution in [0.2, 0.25) is 0 Å².